The van der Waals surface area contributed by atoms with Crippen molar-refractivity contribution >= 4 is 9.84 Å². The van der Waals surface area contributed by atoms with Gasteiger partial charge in [0.2, 0.25) is 0 Å². The number of alkyl halides is 2. The Morgan fingerprint density at radius 3 is 2.60 bits per heavy atom. The topological polar surface area (TPSA) is 57.9 Å². The van der Waals surface area contributed by atoms with Gasteiger partial charge in [-0.15, -0.1) is 0 Å². The summed E-state index contributed by atoms with van der Waals surface area (Å²) < 4.78 is 46.6. The summed E-state index contributed by atoms with van der Waals surface area (Å²) >= 11 is 0. The first-order valence-corrected chi connectivity index (χ1v) is 5.62. The molecule has 0 unspecified atom stereocenters. The molecule has 0 spiro atoms. The van der Waals surface area contributed by atoms with Crippen molar-refractivity contribution in [3.63, 3.8) is 0 Å². The average Bonchev–Trinajstić information content (AvgIpc) is 2.16. The molecule has 0 heterocycles. The Labute approximate surface area is 85.9 Å². The van der Waals surface area contributed by atoms with Crippen LogP contribution in [0.5, 0.6) is 0 Å². The molecule has 0 aliphatic rings. The van der Waals surface area contributed by atoms with Crippen LogP contribution in [0.1, 0.15) is 5.56 Å². The number of rotatable bonds is 3. The van der Waals surface area contributed by atoms with Crippen molar-refractivity contribution in [1.82, 2.24) is 0 Å². The number of halogens is 2. The Balaban J connectivity index is 3.11. The molecule has 0 N–H and O–H groups in total. The van der Waals surface area contributed by atoms with Crippen LogP contribution in [0.4, 0.5) is 8.78 Å². The van der Waals surface area contributed by atoms with Gasteiger partial charge in [-0.3, -0.25) is 0 Å². The molecular weight excluding hydrogens is 224 g/mol. The average molecular weight is 231 g/mol. The summed E-state index contributed by atoms with van der Waals surface area (Å²) in [5.74, 6) is -1.22. The van der Waals surface area contributed by atoms with Crippen LogP contribution < -0.4 is 0 Å². The van der Waals surface area contributed by atoms with Gasteiger partial charge < -0.3 is 0 Å². The number of nitrogens with zero attached hydrogens (tertiary/aromatic N) is 1. The van der Waals surface area contributed by atoms with Gasteiger partial charge in [-0.25, -0.2) is 17.2 Å². The van der Waals surface area contributed by atoms with Crippen molar-refractivity contribution in [2.45, 2.75) is 11.3 Å². The molecule has 1 rings (SSSR count). The summed E-state index contributed by atoms with van der Waals surface area (Å²) in [6, 6.07) is 6.76. The fourth-order valence-electron chi connectivity index (χ4n) is 1.02. The molecular formula is C9H7F2NO2S. The molecule has 1 aromatic rings. The summed E-state index contributed by atoms with van der Waals surface area (Å²) in [7, 11) is -3.99. The van der Waals surface area contributed by atoms with Crippen LogP contribution in [-0.2, 0) is 9.84 Å². The molecule has 0 amide bonds. The maximum atomic E-state index is 12.0. The van der Waals surface area contributed by atoms with Crippen LogP contribution >= 0.6 is 0 Å². The molecule has 0 bridgehead atoms. The zero-order valence-electron chi connectivity index (χ0n) is 7.52. The minimum atomic E-state index is -3.99. The number of hydrogen-bond donors (Lipinski definition) is 0. The van der Waals surface area contributed by atoms with Crippen LogP contribution in [0.3, 0.4) is 0 Å². The van der Waals surface area contributed by atoms with Gasteiger partial charge in [0.1, 0.15) is 5.75 Å². The van der Waals surface area contributed by atoms with Gasteiger partial charge in [-0.05, 0) is 18.2 Å². The van der Waals surface area contributed by atoms with E-state index in [0.717, 1.165) is 6.07 Å². The first-order valence-electron chi connectivity index (χ1n) is 3.97. The Hall–Kier alpha value is -1.48. The van der Waals surface area contributed by atoms with E-state index >= 15 is 0 Å². The molecule has 15 heavy (non-hydrogen) atoms. The number of sulfone groups is 1. The second-order valence-corrected chi connectivity index (χ2v) is 4.85. The van der Waals surface area contributed by atoms with E-state index in [4.69, 9.17) is 5.26 Å². The molecule has 0 saturated heterocycles. The van der Waals surface area contributed by atoms with E-state index in [1.165, 1.54) is 18.2 Å². The lowest BCUT2D eigenvalue weighted by Gasteiger charge is -2.03. The van der Waals surface area contributed by atoms with Crippen LogP contribution in [0.25, 0.3) is 0 Å². The van der Waals surface area contributed by atoms with E-state index in [2.05, 4.69) is 0 Å². The largest absolute Gasteiger partial charge is 0.252 e. The highest BCUT2D eigenvalue weighted by Gasteiger charge is 2.20. The fraction of sp³-hybridized carbons (Fsp3) is 0.222. The molecule has 80 valence electrons. The van der Waals surface area contributed by atoms with E-state index < -0.39 is 22.0 Å². The second kappa shape index (κ2) is 4.36. The lowest BCUT2D eigenvalue weighted by molar-refractivity contribution is 0.174. The Kier molecular flexibility index (Phi) is 3.37. The summed E-state index contributed by atoms with van der Waals surface area (Å²) in [5.41, 5.74) is 0.130. The van der Waals surface area contributed by atoms with E-state index in [9.17, 15) is 17.2 Å². The zero-order valence-corrected chi connectivity index (χ0v) is 8.34. The van der Waals surface area contributed by atoms with E-state index in [0.29, 0.717) is 0 Å². The molecule has 1 aromatic carbocycles. The highest BCUT2D eigenvalue weighted by Crippen LogP contribution is 2.15. The lowest BCUT2D eigenvalue weighted by Crippen LogP contribution is -2.13. The molecule has 0 saturated carbocycles. The third-order valence-corrected chi connectivity index (χ3v) is 3.33. The van der Waals surface area contributed by atoms with Crippen molar-refractivity contribution in [1.29, 1.82) is 5.26 Å². The number of benzene rings is 1. The molecule has 0 radical (unpaired) electrons. The van der Waals surface area contributed by atoms with Crippen LogP contribution in [-0.4, -0.2) is 20.6 Å². The van der Waals surface area contributed by atoms with Gasteiger partial charge in [0, 0.05) is 0 Å². The van der Waals surface area contributed by atoms with Gasteiger partial charge in [0.15, 0.2) is 9.84 Å². The van der Waals surface area contributed by atoms with Gasteiger partial charge in [0.05, 0.1) is 16.5 Å². The van der Waals surface area contributed by atoms with E-state index in [1.54, 1.807) is 6.07 Å². The molecule has 0 atom stereocenters. The number of hydrogen-bond acceptors (Lipinski definition) is 3. The molecule has 0 fully saturated rings. The molecule has 0 aliphatic carbocycles. The SMILES string of the molecule is N#Cc1cccc(S(=O)(=O)CC(F)F)c1. The van der Waals surface area contributed by atoms with Crippen molar-refractivity contribution in [2.75, 3.05) is 5.75 Å². The maximum absolute atomic E-state index is 12.0. The highest BCUT2D eigenvalue weighted by molar-refractivity contribution is 7.91. The molecule has 0 aliphatic heterocycles. The normalized spacial score (nSPS) is 11.3. The van der Waals surface area contributed by atoms with Crippen molar-refractivity contribution in [2.24, 2.45) is 0 Å². The van der Waals surface area contributed by atoms with Gasteiger partial charge >= 0.3 is 0 Å². The standard InChI is InChI=1S/C9H7F2NO2S/c10-9(11)6-15(13,14)8-3-1-2-7(4-8)5-12/h1-4,9H,6H2. The molecule has 3 nitrogen and oxygen atoms in total. The predicted octanol–water partition coefficient (Wildman–Crippen LogP) is 1.60. The third-order valence-electron chi connectivity index (χ3n) is 1.67. The van der Waals surface area contributed by atoms with Crippen molar-refractivity contribution < 1.29 is 17.2 Å². The molecule has 6 heteroatoms. The smallest absolute Gasteiger partial charge is 0.223 e. The quantitative estimate of drug-likeness (QED) is 0.793. The maximum Gasteiger partial charge on any atom is 0.252 e. The Bertz CT molecular complexity index is 491. The minimum Gasteiger partial charge on any atom is -0.223 e. The summed E-state index contributed by atoms with van der Waals surface area (Å²) in [5, 5.41) is 8.52. The first-order chi connectivity index (χ1) is 6.95. The monoisotopic (exact) mass is 231 g/mol. The third kappa shape index (κ3) is 2.99. The fourth-order valence-corrected chi connectivity index (χ4v) is 2.14. The second-order valence-electron chi connectivity index (χ2n) is 2.81. The van der Waals surface area contributed by atoms with Gasteiger partial charge in [0.25, 0.3) is 6.43 Å². The minimum absolute atomic E-state index is 0.130. The summed E-state index contributed by atoms with van der Waals surface area (Å²) in [6.07, 6.45) is -2.92. The Morgan fingerprint density at radius 2 is 2.07 bits per heavy atom. The van der Waals surface area contributed by atoms with Crippen LogP contribution in [0.15, 0.2) is 29.2 Å². The first kappa shape index (κ1) is 11.6. The zero-order chi connectivity index (χ0) is 11.5. The van der Waals surface area contributed by atoms with Crippen molar-refractivity contribution in [3.05, 3.63) is 29.8 Å². The lowest BCUT2D eigenvalue weighted by atomic mass is 10.2. The van der Waals surface area contributed by atoms with E-state index in [1.807, 2.05) is 0 Å². The summed E-state index contributed by atoms with van der Waals surface area (Å²) in [4.78, 5) is -0.248. The highest BCUT2D eigenvalue weighted by atomic mass is 32.2. The van der Waals surface area contributed by atoms with Gasteiger partial charge in [-0.2, -0.15) is 5.26 Å². The van der Waals surface area contributed by atoms with E-state index in [-0.39, 0.29) is 10.5 Å². The number of nitriles is 1. The van der Waals surface area contributed by atoms with Crippen LogP contribution in [0, 0.1) is 11.3 Å². The molecule has 0 aromatic heterocycles. The predicted molar refractivity (Wildman–Crippen MR) is 49.2 cm³/mol. The van der Waals surface area contributed by atoms with Gasteiger partial charge in [-0.1, -0.05) is 6.07 Å². The van der Waals surface area contributed by atoms with Crippen LogP contribution in [0.2, 0.25) is 0 Å². The summed E-state index contributed by atoms with van der Waals surface area (Å²) in [6.45, 7) is 0. The Morgan fingerprint density at radius 1 is 1.40 bits per heavy atom. The van der Waals surface area contributed by atoms with Crippen molar-refractivity contribution in [3.8, 4) is 6.07 Å².